The van der Waals surface area contributed by atoms with Gasteiger partial charge in [0.15, 0.2) is 0 Å². The summed E-state index contributed by atoms with van der Waals surface area (Å²) in [5.41, 5.74) is 2.97. The summed E-state index contributed by atoms with van der Waals surface area (Å²) in [6, 6.07) is 13.3. The Bertz CT molecular complexity index is 1010. The molecule has 4 nitrogen and oxygen atoms in total. The molecule has 1 aliphatic heterocycles. The number of alkyl halides is 3. The van der Waals surface area contributed by atoms with Gasteiger partial charge in [-0.3, -0.25) is 0 Å². The van der Waals surface area contributed by atoms with Gasteiger partial charge in [0.2, 0.25) is 0 Å². The average molecular weight is 415 g/mol. The van der Waals surface area contributed by atoms with Gasteiger partial charge in [-0.2, -0.15) is 18.3 Å². The van der Waals surface area contributed by atoms with Crippen molar-refractivity contribution in [2.45, 2.75) is 38.3 Å². The first-order valence-corrected chi connectivity index (χ1v) is 10.1. The minimum atomic E-state index is -4.38. The lowest BCUT2D eigenvalue weighted by Crippen LogP contribution is -2.09. The fourth-order valence-electron chi connectivity index (χ4n) is 3.83. The predicted octanol–water partition coefficient (Wildman–Crippen LogP) is 5.43. The van der Waals surface area contributed by atoms with E-state index < -0.39 is 11.7 Å². The number of nitrogens with one attached hydrogen (secondary N) is 1. The monoisotopic (exact) mass is 415 g/mol. The maximum atomic E-state index is 13.2. The van der Waals surface area contributed by atoms with Crippen molar-refractivity contribution in [2.24, 2.45) is 0 Å². The molecule has 2 aromatic carbocycles. The third kappa shape index (κ3) is 4.30. The molecule has 0 fully saturated rings. The molecule has 1 aliphatic rings. The number of aryl methyl sites for hydroxylation is 2. The number of aromatic nitrogens is 2. The van der Waals surface area contributed by atoms with Crippen molar-refractivity contribution in [2.75, 3.05) is 19.0 Å². The number of hydrogen-bond donors (Lipinski definition) is 1. The van der Waals surface area contributed by atoms with Crippen LogP contribution in [-0.4, -0.2) is 23.4 Å². The number of fused-ring (bicyclic) bond motifs is 1. The summed E-state index contributed by atoms with van der Waals surface area (Å²) in [4.78, 5) is 0. The summed E-state index contributed by atoms with van der Waals surface area (Å²) in [6.45, 7) is 0.787. The van der Waals surface area contributed by atoms with E-state index >= 15 is 0 Å². The Morgan fingerprint density at radius 2 is 1.87 bits per heavy atom. The Morgan fingerprint density at radius 1 is 1.07 bits per heavy atom. The van der Waals surface area contributed by atoms with Crippen LogP contribution in [0.2, 0.25) is 0 Å². The van der Waals surface area contributed by atoms with E-state index in [1.54, 1.807) is 17.9 Å². The first-order valence-electron chi connectivity index (χ1n) is 10.1. The van der Waals surface area contributed by atoms with E-state index in [1.807, 2.05) is 24.3 Å². The summed E-state index contributed by atoms with van der Waals surface area (Å²) >= 11 is 0. The highest BCUT2D eigenvalue weighted by Crippen LogP contribution is 2.33. The van der Waals surface area contributed by atoms with Crippen molar-refractivity contribution in [3.05, 3.63) is 70.9 Å². The van der Waals surface area contributed by atoms with Crippen LogP contribution in [0.25, 0.3) is 5.69 Å². The van der Waals surface area contributed by atoms with Crippen molar-refractivity contribution in [1.29, 1.82) is 0 Å². The molecule has 0 atom stereocenters. The molecule has 0 spiro atoms. The van der Waals surface area contributed by atoms with E-state index in [-0.39, 0.29) is 0 Å². The van der Waals surface area contributed by atoms with E-state index in [1.165, 1.54) is 11.6 Å². The topological polar surface area (TPSA) is 39.1 Å². The predicted molar refractivity (Wildman–Crippen MR) is 110 cm³/mol. The molecule has 7 heteroatoms. The van der Waals surface area contributed by atoms with Gasteiger partial charge in [0.1, 0.15) is 11.6 Å². The molecule has 0 bridgehead atoms. The molecule has 4 rings (SSSR count). The molecule has 1 aromatic heterocycles. The number of halogens is 3. The molecule has 0 unspecified atom stereocenters. The summed E-state index contributed by atoms with van der Waals surface area (Å²) in [5.74, 6) is 1.63. The zero-order chi connectivity index (χ0) is 21.1. The van der Waals surface area contributed by atoms with Gasteiger partial charge in [-0.1, -0.05) is 18.2 Å². The fraction of sp³-hybridized carbons (Fsp3) is 0.348. The third-order valence-electron chi connectivity index (χ3n) is 5.44. The van der Waals surface area contributed by atoms with Gasteiger partial charge in [-0.25, -0.2) is 4.68 Å². The lowest BCUT2D eigenvalue weighted by molar-refractivity contribution is -0.137. The molecule has 158 valence electrons. The minimum absolute atomic E-state index is 0.422. The molecule has 0 amide bonds. The summed E-state index contributed by atoms with van der Waals surface area (Å²) in [6.07, 6.45) is 0.0708. The number of rotatable bonds is 5. The highest BCUT2D eigenvalue weighted by molar-refractivity contribution is 5.55. The Balaban J connectivity index is 1.66. The second-order valence-corrected chi connectivity index (χ2v) is 7.47. The second kappa shape index (κ2) is 8.42. The van der Waals surface area contributed by atoms with Gasteiger partial charge in [0.05, 0.1) is 24.1 Å². The number of benzene rings is 2. The van der Waals surface area contributed by atoms with Crippen LogP contribution in [0.5, 0.6) is 5.75 Å². The zero-order valence-electron chi connectivity index (χ0n) is 16.8. The van der Waals surface area contributed by atoms with Crippen LogP contribution in [0.15, 0.2) is 48.5 Å². The lowest BCUT2D eigenvalue weighted by Gasteiger charge is -2.12. The van der Waals surface area contributed by atoms with Crippen molar-refractivity contribution in [3.8, 4) is 11.4 Å². The van der Waals surface area contributed by atoms with Crippen molar-refractivity contribution in [1.82, 2.24) is 9.78 Å². The lowest BCUT2D eigenvalue weighted by atomic mass is 10.0. The fourth-order valence-corrected chi connectivity index (χ4v) is 3.83. The summed E-state index contributed by atoms with van der Waals surface area (Å²) in [5, 5.41) is 8.12. The zero-order valence-corrected chi connectivity index (χ0v) is 16.8. The van der Waals surface area contributed by atoms with Gasteiger partial charge in [-0.05, 0) is 68.0 Å². The van der Waals surface area contributed by atoms with Crippen LogP contribution in [0.1, 0.15) is 35.2 Å². The third-order valence-corrected chi connectivity index (χ3v) is 5.44. The molecule has 0 aliphatic carbocycles. The number of methoxy groups -OCH3 is 1. The van der Waals surface area contributed by atoms with Gasteiger partial charge >= 0.3 is 6.18 Å². The molecule has 0 saturated carbocycles. The molecule has 2 heterocycles. The molecule has 3 aromatic rings. The summed E-state index contributed by atoms with van der Waals surface area (Å²) in [7, 11) is 1.64. The number of anilines is 1. The standard InChI is InChI=1S/C23H24F3N3O/c1-30-19-11-8-16(9-12-19)10-13-21-20-7-2-3-14-27-22(20)29(28-21)18-6-4-5-17(15-18)23(24,25)26/h4-6,8-9,11-12,15,27H,2-3,7,10,13-14H2,1H3. The summed E-state index contributed by atoms with van der Waals surface area (Å²) < 4.78 is 46.4. The van der Waals surface area contributed by atoms with E-state index in [4.69, 9.17) is 9.84 Å². The van der Waals surface area contributed by atoms with E-state index in [0.29, 0.717) is 5.69 Å². The highest BCUT2D eigenvalue weighted by atomic mass is 19.4. The Labute approximate surface area is 173 Å². The maximum Gasteiger partial charge on any atom is 0.416 e. The first kappa shape index (κ1) is 20.3. The van der Waals surface area contributed by atoms with Crippen LogP contribution >= 0.6 is 0 Å². The average Bonchev–Trinajstić information content (AvgIpc) is 2.92. The molecular weight excluding hydrogens is 391 g/mol. The molecule has 0 saturated heterocycles. The van der Waals surface area contributed by atoms with Crippen molar-refractivity contribution >= 4 is 5.82 Å². The largest absolute Gasteiger partial charge is 0.497 e. The van der Waals surface area contributed by atoms with E-state index in [2.05, 4.69) is 5.32 Å². The molecule has 0 radical (unpaired) electrons. The Kier molecular flexibility index (Phi) is 5.70. The first-order chi connectivity index (χ1) is 14.5. The molecular formula is C23H24F3N3O. The smallest absolute Gasteiger partial charge is 0.416 e. The maximum absolute atomic E-state index is 13.2. The Morgan fingerprint density at radius 3 is 2.60 bits per heavy atom. The normalized spacial score (nSPS) is 14.0. The second-order valence-electron chi connectivity index (χ2n) is 7.47. The van der Waals surface area contributed by atoms with E-state index in [9.17, 15) is 13.2 Å². The van der Waals surface area contributed by atoms with Gasteiger partial charge in [-0.15, -0.1) is 0 Å². The minimum Gasteiger partial charge on any atom is -0.497 e. The van der Waals surface area contributed by atoms with Gasteiger partial charge < -0.3 is 10.1 Å². The molecule has 1 N–H and O–H groups in total. The van der Waals surface area contributed by atoms with Crippen LogP contribution in [0.4, 0.5) is 19.0 Å². The number of hydrogen-bond acceptors (Lipinski definition) is 3. The number of ether oxygens (including phenoxy) is 1. The van der Waals surface area contributed by atoms with Crippen molar-refractivity contribution < 1.29 is 17.9 Å². The highest BCUT2D eigenvalue weighted by Gasteiger charge is 2.31. The quantitative estimate of drug-likeness (QED) is 0.604. The van der Waals surface area contributed by atoms with Crippen LogP contribution in [0.3, 0.4) is 0 Å². The molecule has 30 heavy (non-hydrogen) atoms. The van der Waals surface area contributed by atoms with Crippen LogP contribution in [-0.2, 0) is 25.4 Å². The SMILES string of the molecule is COc1ccc(CCc2nn(-c3cccc(C(F)(F)F)c3)c3c2CCCCN3)cc1. The van der Waals surface area contributed by atoms with Gasteiger partial charge in [0, 0.05) is 12.1 Å². The Hall–Kier alpha value is -2.96. The number of nitrogens with zero attached hydrogens (tertiary/aromatic N) is 2. The van der Waals surface area contributed by atoms with Crippen molar-refractivity contribution in [3.63, 3.8) is 0 Å². The van der Waals surface area contributed by atoms with E-state index in [0.717, 1.165) is 73.6 Å². The van der Waals surface area contributed by atoms with Crippen LogP contribution in [0, 0.1) is 0 Å². The van der Waals surface area contributed by atoms with Gasteiger partial charge in [0.25, 0.3) is 0 Å². The van der Waals surface area contributed by atoms with Crippen LogP contribution < -0.4 is 10.1 Å².